The summed E-state index contributed by atoms with van der Waals surface area (Å²) >= 11 is 10.1. The van der Waals surface area contributed by atoms with Gasteiger partial charge in [0.2, 0.25) is 0 Å². The number of benzene rings is 2. The number of methoxy groups -OCH3 is 1. The highest BCUT2D eigenvalue weighted by Gasteiger charge is 2.50. The predicted octanol–water partition coefficient (Wildman–Crippen LogP) is 6.75. The summed E-state index contributed by atoms with van der Waals surface area (Å²) in [5, 5.41) is 4.72. The summed E-state index contributed by atoms with van der Waals surface area (Å²) < 4.78 is 13.0. The van der Waals surface area contributed by atoms with Crippen molar-refractivity contribution >= 4 is 27.5 Å². The third-order valence-electron chi connectivity index (χ3n) is 7.40. The summed E-state index contributed by atoms with van der Waals surface area (Å²) in [6.45, 7) is 1.19. The molecule has 1 N–H and O–H groups in total. The van der Waals surface area contributed by atoms with Crippen molar-refractivity contribution in [3.05, 3.63) is 57.0 Å². The summed E-state index contributed by atoms with van der Waals surface area (Å²) in [5.41, 5.74) is 2.40. The lowest BCUT2D eigenvalue weighted by atomic mass is 9.53. The zero-order valence-corrected chi connectivity index (χ0v) is 19.8. The average Bonchev–Trinajstić information content (AvgIpc) is 2.71. The van der Waals surface area contributed by atoms with E-state index >= 15 is 0 Å². The van der Waals surface area contributed by atoms with Crippen molar-refractivity contribution in [2.24, 2.45) is 17.8 Å². The first kappa shape index (κ1) is 20.7. The van der Waals surface area contributed by atoms with Crippen LogP contribution >= 0.6 is 27.5 Å². The number of hydrogen-bond acceptors (Lipinski definition) is 3. The van der Waals surface area contributed by atoms with Crippen LogP contribution in [0.15, 0.2) is 40.9 Å². The molecule has 3 nitrogen and oxygen atoms in total. The molecule has 0 saturated heterocycles. The van der Waals surface area contributed by atoms with Crippen LogP contribution < -0.4 is 14.8 Å². The normalized spacial score (nSPS) is 29.2. The maximum Gasteiger partial charge on any atom is 0.167 e. The Morgan fingerprint density at radius 3 is 2.33 bits per heavy atom. The molecule has 4 aliphatic carbocycles. The maximum atomic E-state index is 6.34. The van der Waals surface area contributed by atoms with E-state index in [1.54, 1.807) is 7.11 Å². The molecule has 0 spiro atoms. The summed E-state index contributed by atoms with van der Waals surface area (Å²) in [4.78, 5) is 0. The highest BCUT2D eigenvalue weighted by atomic mass is 79.9. The molecule has 2 aromatic rings. The van der Waals surface area contributed by atoms with Crippen LogP contribution in [0.5, 0.6) is 11.5 Å². The molecule has 0 radical (unpaired) electrons. The van der Waals surface area contributed by atoms with Crippen LogP contribution in [0.25, 0.3) is 0 Å². The summed E-state index contributed by atoms with van der Waals surface area (Å²) in [5.74, 6) is 4.33. The van der Waals surface area contributed by atoms with Crippen LogP contribution in [0.4, 0.5) is 0 Å². The highest BCUT2D eigenvalue weighted by Crippen LogP contribution is 2.55. The highest BCUT2D eigenvalue weighted by molar-refractivity contribution is 9.10. The van der Waals surface area contributed by atoms with Gasteiger partial charge in [-0.3, -0.25) is 0 Å². The monoisotopic (exact) mass is 489 g/mol. The quantitative estimate of drug-likeness (QED) is 0.466. The van der Waals surface area contributed by atoms with E-state index in [1.807, 2.05) is 30.3 Å². The first-order chi connectivity index (χ1) is 14.5. The van der Waals surface area contributed by atoms with Gasteiger partial charge in [-0.15, -0.1) is 0 Å². The van der Waals surface area contributed by atoms with E-state index in [2.05, 4.69) is 27.3 Å². The molecule has 0 aromatic heterocycles. The van der Waals surface area contributed by atoms with Gasteiger partial charge < -0.3 is 14.8 Å². The number of hydrogen-bond donors (Lipinski definition) is 1. The fraction of sp³-hybridized carbons (Fsp3) is 0.520. The average molecular weight is 491 g/mol. The second-order valence-electron chi connectivity index (χ2n) is 9.49. The number of halogens is 2. The zero-order chi connectivity index (χ0) is 20.7. The lowest BCUT2D eigenvalue weighted by molar-refractivity contribution is -0.0207. The summed E-state index contributed by atoms with van der Waals surface area (Å²) in [7, 11) is 1.70. The van der Waals surface area contributed by atoms with E-state index < -0.39 is 0 Å². The molecule has 0 aliphatic heterocycles. The molecule has 5 heteroatoms. The van der Waals surface area contributed by atoms with Crippen molar-refractivity contribution in [1.29, 1.82) is 0 Å². The molecular weight excluding hydrogens is 462 g/mol. The third kappa shape index (κ3) is 3.99. The molecule has 4 aliphatic rings. The van der Waals surface area contributed by atoms with E-state index in [0.29, 0.717) is 12.1 Å². The van der Waals surface area contributed by atoms with Gasteiger partial charge in [-0.1, -0.05) is 45.7 Å². The Bertz CT molecular complexity index is 896. The van der Waals surface area contributed by atoms with Gasteiger partial charge in [-0.05, 0) is 74.5 Å². The molecule has 2 aromatic carbocycles. The SMILES string of the molecule is COc1ccc(Br)c(CNC23CC4CC(CC(C4)C2)C3)c1OCc1ccccc1Cl. The number of rotatable bonds is 7. The van der Waals surface area contributed by atoms with Gasteiger partial charge in [-0.25, -0.2) is 0 Å². The Balaban J connectivity index is 1.37. The van der Waals surface area contributed by atoms with E-state index in [-0.39, 0.29) is 0 Å². The fourth-order valence-electron chi connectivity index (χ4n) is 6.43. The fourth-order valence-corrected chi connectivity index (χ4v) is 7.08. The molecule has 30 heavy (non-hydrogen) atoms. The largest absolute Gasteiger partial charge is 0.493 e. The molecule has 4 fully saturated rings. The molecule has 0 atom stereocenters. The van der Waals surface area contributed by atoms with Crippen LogP contribution in [0.2, 0.25) is 5.02 Å². The first-order valence-electron chi connectivity index (χ1n) is 11.0. The Labute approximate surface area is 192 Å². The summed E-state index contributed by atoms with van der Waals surface area (Å²) in [6, 6.07) is 11.8. The molecule has 0 heterocycles. The lowest BCUT2D eigenvalue weighted by Crippen LogP contribution is -2.58. The zero-order valence-electron chi connectivity index (χ0n) is 17.4. The van der Waals surface area contributed by atoms with Crippen molar-refractivity contribution in [2.75, 3.05) is 7.11 Å². The van der Waals surface area contributed by atoms with Crippen molar-refractivity contribution in [3.8, 4) is 11.5 Å². The Morgan fingerprint density at radius 1 is 1.03 bits per heavy atom. The van der Waals surface area contributed by atoms with Crippen molar-refractivity contribution in [1.82, 2.24) is 5.32 Å². The van der Waals surface area contributed by atoms with Crippen molar-refractivity contribution in [2.45, 2.75) is 57.2 Å². The van der Waals surface area contributed by atoms with Crippen LogP contribution in [-0.2, 0) is 13.2 Å². The van der Waals surface area contributed by atoms with Crippen LogP contribution in [0, 0.1) is 17.8 Å². The van der Waals surface area contributed by atoms with Gasteiger partial charge in [0.05, 0.1) is 7.11 Å². The van der Waals surface area contributed by atoms with E-state index in [9.17, 15) is 0 Å². The van der Waals surface area contributed by atoms with E-state index in [1.165, 1.54) is 38.5 Å². The molecule has 160 valence electrons. The minimum Gasteiger partial charge on any atom is -0.493 e. The minimum absolute atomic E-state index is 0.303. The van der Waals surface area contributed by atoms with Crippen LogP contribution in [-0.4, -0.2) is 12.6 Å². The Hall–Kier alpha value is -1.23. The standard InChI is InChI=1S/C25H29BrClNO2/c1-29-23-7-6-21(26)20(24(23)30-15-19-4-2-3-5-22(19)27)14-28-25-11-16-8-17(12-25)10-18(9-16)13-25/h2-7,16-18,28H,8-15H2,1H3. The third-order valence-corrected chi connectivity index (χ3v) is 8.51. The van der Waals surface area contributed by atoms with Gasteiger partial charge in [0.25, 0.3) is 0 Å². The molecule has 0 amide bonds. The smallest absolute Gasteiger partial charge is 0.167 e. The maximum absolute atomic E-state index is 6.34. The Kier molecular flexibility index (Phi) is 5.76. The predicted molar refractivity (Wildman–Crippen MR) is 124 cm³/mol. The number of nitrogens with one attached hydrogen (secondary N) is 1. The Morgan fingerprint density at radius 2 is 1.70 bits per heavy atom. The second kappa shape index (κ2) is 8.37. The van der Waals surface area contributed by atoms with Gasteiger partial charge >= 0.3 is 0 Å². The summed E-state index contributed by atoms with van der Waals surface area (Å²) in [6.07, 6.45) is 8.35. The molecule has 4 bridgehead atoms. The first-order valence-corrected chi connectivity index (χ1v) is 12.2. The van der Waals surface area contributed by atoms with Crippen LogP contribution in [0.3, 0.4) is 0 Å². The van der Waals surface area contributed by atoms with Crippen molar-refractivity contribution in [3.63, 3.8) is 0 Å². The topological polar surface area (TPSA) is 30.5 Å². The molecular formula is C25H29BrClNO2. The van der Waals surface area contributed by atoms with Gasteiger partial charge in [0.15, 0.2) is 11.5 Å². The van der Waals surface area contributed by atoms with E-state index in [4.69, 9.17) is 21.1 Å². The van der Waals surface area contributed by atoms with Crippen LogP contribution in [0.1, 0.15) is 49.7 Å². The molecule has 6 rings (SSSR count). The lowest BCUT2D eigenvalue weighted by Gasteiger charge is -2.57. The van der Waals surface area contributed by atoms with Gasteiger partial charge in [0.1, 0.15) is 6.61 Å². The molecule has 4 saturated carbocycles. The number of ether oxygens (including phenoxy) is 2. The van der Waals surface area contributed by atoms with Crippen molar-refractivity contribution < 1.29 is 9.47 Å². The van der Waals surface area contributed by atoms with E-state index in [0.717, 1.165) is 56.4 Å². The van der Waals surface area contributed by atoms with Gasteiger partial charge in [-0.2, -0.15) is 0 Å². The second-order valence-corrected chi connectivity index (χ2v) is 10.8. The molecule has 0 unspecified atom stereocenters. The van der Waals surface area contributed by atoms with Gasteiger partial charge in [0, 0.05) is 32.7 Å². The minimum atomic E-state index is 0.303.